The molecule has 116 valence electrons. The lowest BCUT2D eigenvalue weighted by atomic mass is 9.89. The number of thioether (sulfide) groups is 1. The third-order valence-electron chi connectivity index (χ3n) is 4.39. The first-order valence-electron chi connectivity index (χ1n) is 7.53. The highest BCUT2D eigenvalue weighted by molar-refractivity contribution is 7.99. The maximum absolute atomic E-state index is 6.25. The molecule has 21 heavy (non-hydrogen) atoms. The van der Waals surface area contributed by atoms with Crippen molar-refractivity contribution in [3.8, 4) is 0 Å². The Morgan fingerprint density at radius 3 is 2.81 bits per heavy atom. The Hall–Kier alpha value is -0.260. The molecule has 1 saturated carbocycles. The lowest BCUT2D eigenvalue weighted by Crippen LogP contribution is -2.48. The van der Waals surface area contributed by atoms with E-state index >= 15 is 0 Å². The second-order valence-corrected chi connectivity index (χ2v) is 7.32. The van der Waals surface area contributed by atoms with Gasteiger partial charge in [0.2, 0.25) is 0 Å². The maximum atomic E-state index is 6.25. The van der Waals surface area contributed by atoms with Gasteiger partial charge in [-0.1, -0.05) is 29.8 Å². The highest BCUT2D eigenvalue weighted by Gasteiger charge is 2.44. The van der Waals surface area contributed by atoms with Gasteiger partial charge in [0, 0.05) is 34.9 Å². The second-order valence-electron chi connectivity index (χ2n) is 5.69. The normalized spacial score (nSPS) is 28.1. The number of hydrogen-bond donors (Lipinski definition) is 1. The van der Waals surface area contributed by atoms with Crippen molar-refractivity contribution in [2.45, 2.75) is 42.1 Å². The third-order valence-corrected chi connectivity index (χ3v) is 6.16. The summed E-state index contributed by atoms with van der Waals surface area (Å²) in [5.41, 5.74) is 1.20. The highest BCUT2D eigenvalue weighted by Crippen LogP contribution is 2.41. The van der Waals surface area contributed by atoms with Crippen LogP contribution in [0.1, 0.15) is 24.8 Å². The average Bonchev–Trinajstić information content (AvgIpc) is 2.95. The van der Waals surface area contributed by atoms with Crippen molar-refractivity contribution in [3.63, 3.8) is 0 Å². The Morgan fingerprint density at radius 2 is 2.10 bits per heavy atom. The molecule has 0 bridgehead atoms. The molecule has 0 aromatic heterocycles. The van der Waals surface area contributed by atoms with Gasteiger partial charge in [0.05, 0.1) is 13.2 Å². The fourth-order valence-corrected chi connectivity index (χ4v) is 4.99. The van der Waals surface area contributed by atoms with E-state index < -0.39 is 0 Å². The fraction of sp³-hybridized carbons (Fsp3) is 0.625. The summed E-state index contributed by atoms with van der Waals surface area (Å²) in [4.78, 5) is 0. The van der Waals surface area contributed by atoms with E-state index in [4.69, 9.17) is 21.1 Å². The van der Waals surface area contributed by atoms with Crippen LogP contribution in [0.4, 0.5) is 0 Å². The van der Waals surface area contributed by atoms with E-state index in [0.29, 0.717) is 11.3 Å². The summed E-state index contributed by atoms with van der Waals surface area (Å²) in [6, 6.07) is 8.59. The van der Waals surface area contributed by atoms with Crippen molar-refractivity contribution in [1.29, 1.82) is 0 Å². The molecule has 1 N–H and O–H groups in total. The molecule has 5 heteroatoms. The van der Waals surface area contributed by atoms with Crippen LogP contribution in [0.25, 0.3) is 0 Å². The predicted molar refractivity (Wildman–Crippen MR) is 87.9 cm³/mol. The summed E-state index contributed by atoms with van der Waals surface area (Å²) in [6.07, 6.45) is 3.03. The largest absolute Gasteiger partial charge is 0.347 e. The summed E-state index contributed by atoms with van der Waals surface area (Å²) >= 11 is 8.21. The minimum atomic E-state index is -0.328. The number of rotatable bonds is 4. The van der Waals surface area contributed by atoms with Gasteiger partial charge in [0.25, 0.3) is 0 Å². The van der Waals surface area contributed by atoms with Crippen LogP contribution in [0.2, 0.25) is 5.02 Å². The van der Waals surface area contributed by atoms with Crippen molar-refractivity contribution >= 4 is 23.4 Å². The predicted octanol–water partition coefficient (Wildman–Crippen LogP) is 3.46. The van der Waals surface area contributed by atoms with Gasteiger partial charge in [0.15, 0.2) is 5.79 Å². The van der Waals surface area contributed by atoms with Gasteiger partial charge in [-0.25, -0.2) is 0 Å². The number of ether oxygens (including phenoxy) is 2. The molecule has 2 aliphatic rings. The fourth-order valence-electron chi connectivity index (χ4n) is 3.19. The van der Waals surface area contributed by atoms with Gasteiger partial charge >= 0.3 is 0 Å². The van der Waals surface area contributed by atoms with Crippen LogP contribution in [0, 0.1) is 0 Å². The molecule has 2 atom stereocenters. The SMILES string of the molecule is CNC1CCC2(CC1SCc1ccccc1Cl)OCCO2. The van der Waals surface area contributed by atoms with Crippen LogP contribution in [0.3, 0.4) is 0 Å². The summed E-state index contributed by atoms with van der Waals surface area (Å²) < 4.78 is 11.8. The van der Waals surface area contributed by atoms with E-state index in [9.17, 15) is 0 Å². The summed E-state index contributed by atoms with van der Waals surface area (Å²) in [5.74, 6) is 0.601. The molecule has 1 aromatic rings. The average molecular weight is 328 g/mol. The lowest BCUT2D eigenvalue weighted by Gasteiger charge is -2.40. The molecule has 1 heterocycles. The number of nitrogens with one attached hydrogen (secondary N) is 1. The molecule has 1 aromatic carbocycles. The zero-order valence-electron chi connectivity index (χ0n) is 12.3. The smallest absolute Gasteiger partial charge is 0.169 e. The molecular formula is C16H22ClNO2S. The third kappa shape index (κ3) is 3.57. The molecule has 3 rings (SSSR count). The lowest BCUT2D eigenvalue weighted by molar-refractivity contribution is -0.177. The van der Waals surface area contributed by atoms with Crippen molar-refractivity contribution in [2.24, 2.45) is 0 Å². The van der Waals surface area contributed by atoms with E-state index in [1.807, 2.05) is 37.0 Å². The second kappa shape index (κ2) is 6.88. The zero-order valence-corrected chi connectivity index (χ0v) is 13.9. The van der Waals surface area contributed by atoms with Crippen LogP contribution in [-0.4, -0.2) is 37.3 Å². The Labute approximate surface area is 135 Å². The van der Waals surface area contributed by atoms with Gasteiger partial charge < -0.3 is 14.8 Å². The van der Waals surface area contributed by atoms with Gasteiger partial charge in [-0.05, 0) is 25.1 Å². The van der Waals surface area contributed by atoms with Crippen LogP contribution in [-0.2, 0) is 15.2 Å². The topological polar surface area (TPSA) is 30.5 Å². The van der Waals surface area contributed by atoms with Gasteiger partial charge in [-0.2, -0.15) is 11.8 Å². The zero-order chi connectivity index (χ0) is 14.7. The first-order chi connectivity index (χ1) is 10.2. The summed E-state index contributed by atoms with van der Waals surface area (Å²) in [7, 11) is 2.04. The summed E-state index contributed by atoms with van der Waals surface area (Å²) in [6.45, 7) is 1.46. The quantitative estimate of drug-likeness (QED) is 0.917. The Balaban J connectivity index is 1.65. The molecule has 0 radical (unpaired) electrons. The van der Waals surface area contributed by atoms with Gasteiger partial charge in [-0.3, -0.25) is 0 Å². The summed E-state index contributed by atoms with van der Waals surface area (Å²) in [5, 5.41) is 4.78. The molecule has 3 nitrogen and oxygen atoms in total. The molecule has 1 aliphatic carbocycles. The minimum absolute atomic E-state index is 0.328. The Morgan fingerprint density at radius 1 is 1.33 bits per heavy atom. The van der Waals surface area contributed by atoms with Crippen molar-refractivity contribution in [1.82, 2.24) is 5.32 Å². The van der Waals surface area contributed by atoms with E-state index in [0.717, 1.165) is 43.3 Å². The molecule has 2 fully saturated rings. The molecule has 1 spiro atoms. The highest BCUT2D eigenvalue weighted by atomic mass is 35.5. The van der Waals surface area contributed by atoms with Gasteiger partial charge in [0.1, 0.15) is 0 Å². The van der Waals surface area contributed by atoms with E-state index in [1.54, 1.807) is 0 Å². The number of hydrogen-bond acceptors (Lipinski definition) is 4. The van der Waals surface area contributed by atoms with Crippen LogP contribution < -0.4 is 5.32 Å². The Bertz CT molecular complexity index is 479. The standard InChI is InChI=1S/C16H22ClNO2S/c1-18-14-6-7-16(19-8-9-20-16)10-15(14)21-11-12-4-2-3-5-13(12)17/h2-5,14-15,18H,6-11H2,1H3. The van der Waals surface area contributed by atoms with E-state index in [1.165, 1.54) is 5.56 Å². The van der Waals surface area contributed by atoms with Crippen molar-refractivity contribution in [2.75, 3.05) is 20.3 Å². The Kier molecular flexibility index (Phi) is 5.12. The molecular weight excluding hydrogens is 306 g/mol. The van der Waals surface area contributed by atoms with Crippen LogP contribution >= 0.6 is 23.4 Å². The first-order valence-corrected chi connectivity index (χ1v) is 8.95. The van der Waals surface area contributed by atoms with Crippen LogP contribution in [0.5, 0.6) is 0 Å². The van der Waals surface area contributed by atoms with Crippen LogP contribution in [0.15, 0.2) is 24.3 Å². The van der Waals surface area contributed by atoms with Gasteiger partial charge in [-0.15, -0.1) is 0 Å². The monoisotopic (exact) mass is 327 g/mol. The molecule has 1 saturated heterocycles. The molecule has 0 amide bonds. The van der Waals surface area contributed by atoms with E-state index in [-0.39, 0.29) is 5.79 Å². The maximum Gasteiger partial charge on any atom is 0.169 e. The number of benzene rings is 1. The minimum Gasteiger partial charge on any atom is -0.347 e. The van der Waals surface area contributed by atoms with Crippen molar-refractivity contribution in [3.05, 3.63) is 34.9 Å². The molecule has 2 unspecified atom stereocenters. The molecule has 1 aliphatic heterocycles. The van der Waals surface area contributed by atoms with E-state index in [2.05, 4.69) is 11.4 Å². The number of halogens is 1. The first kappa shape index (κ1) is 15.6. The van der Waals surface area contributed by atoms with Crippen molar-refractivity contribution < 1.29 is 9.47 Å².